The molecule has 0 aliphatic heterocycles. The number of carbonyl (C=O) groups excluding carboxylic acids is 1. The third kappa shape index (κ3) is 4.57. The van der Waals surface area contributed by atoms with Gasteiger partial charge in [0.05, 0.1) is 5.92 Å². The zero-order valence-electron chi connectivity index (χ0n) is 10.9. The van der Waals surface area contributed by atoms with Gasteiger partial charge in [-0.05, 0) is 37.1 Å². The summed E-state index contributed by atoms with van der Waals surface area (Å²) in [5.41, 5.74) is 1.09. The van der Waals surface area contributed by atoms with Gasteiger partial charge in [-0.25, -0.2) is 9.18 Å². The molecule has 0 radical (unpaired) electrons. The first-order chi connectivity index (χ1) is 8.93. The van der Waals surface area contributed by atoms with Gasteiger partial charge >= 0.3 is 12.0 Å². The van der Waals surface area contributed by atoms with Crippen LogP contribution in [0.4, 0.5) is 14.9 Å². The number of rotatable bonds is 5. The van der Waals surface area contributed by atoms with Crippen molar-refractivity contribution in [1.82, 2.24) is 5.32 Å². The van der Waals surface area contributed by atoms with E-state index in [1.165, 1.54) is 18.2 Å². The van der Waals surface area contributed by atoms with Crippen LogP contribution in [0.5, 0.6) is 0 Å². The van der Waals surface area contributed by atoms with E-state index in [1.54, 1.807) is 13.8 Å². The quantitative estimate of drug-likeness (QED) is 0.767. The Labute approximate surface area is 110 Å². The number of aryl methyl sites for hydroxylation is 1. The summed E-state index contributed by atoms with van der Waals surface area (Å²) in [5.74, 6) is -1.93. The molecule has 1 rings (SSSR count). The summed E-state index contributed by atoms with van der Waals surface area (Å²) in [7, 11) is 0. The third-order valence-corrected chi connectivity index (χ3v) is 2.79. The molecule has 6 heteroatoms. The smallest absolute Gasteiger partial charge is 0.319 e. The predicted molar refractivity (Wildman–Crippen MR) is 69.6 cm³/mol. The van der Waals surface area contributed by atoms with Crippen LogP contribution in [0.1, 0.15) is 18.9 Å². The largest absolute Gasteiger partial charge is 0.481 e. The maximum atomic E-state index is 12.9. The highest BCUT2D eigenvalue weighted by molar-refractivity contribution is 5.90. The number of nitrogens with one attached hydrogen (secondary N) is 2. The Balaban J connectivity index is 2.53. The number of carbonyl (C=O) groups is 2. The van der Waals surface area contributed by atoms with Crippen molar-refractivity contribution >= 4 is 17.7 Å². The minimum atomic E-state index is -0.944. The van der Waals surface area contributed by atoms with Gasteiger partial charge in [0.2, 0.25) is 0 Å². The SMILES string of the molecule is CCC(CNC(=O)Nc1ccc(F)cc1C)C(=O)O. The number of urea groups is 1. The summed E-state index contributed by atoms with van der Waals surface area (Å²) < 4.78 is 12.9. The first-order valence-electron chi connectivity index (χ1n) is 5.97. The lowest BCUT2D eigenvalue weighted by atomic mass is 10.1. The van der Waals surface area contributed by atoms with Crippen LogP contribution < -0.4 is 10.6 Å². The maximum absolute atomic E-state index is 12.9. The van der Waals surface area contributed by atoms with Crippen LogP contribution in [0.2, 0.25) is 0 Å². The van der Waals surface area contributed by atoms with Crippen molar-refractivity contribution in [3.05, 3.63) is 29.6 Å². The van der Waals surface area contributed by atoms with Crippen LogP contribution in [0.3, 0.4) is 0 Å². The fourth-order valence-electron chi connectivity index (χ4n) is 1.56. The average Bonchev–Trinajstić information content (AvgIpc) is 2.33. The lowest BCUT2D eigenvalue weighted by Gasteiger charge is -2.13. The van der Waals surface area contributed by atoms with E-state index in [0.717, 1.165) is 0 Å². The highest BCUT2D eigenvalue weighted by Gasteiger charge is 2.16. The van der Waals surface area contributed by atoms with Crippen molar-refractivity contribution < 1.29 is 19.1 Å². The van der Waals surface area contributed by atoms with E-state index in [2.05, 4.69) is 10.6 Å². The van der Waals surface area contributed by atoms with Crippen LogP contribution in [0.25, 0.3) is 0 Å². The van der Waals surface area contributed by atoms with Gasteiger partial charge in [-0.2, -0.15) is 0 Å². The number of anilines is 1. The first kappa shape index (κ1) is 14.9. The van der Waals surface area contributed by atoms with E-state index < -0.39 is 17.9 Å². The van der Waals surface area contributed by atoms with E-state index in [0.29, 0.717) is 17.7 Å². The maximum Gasteiger partial charge on any atom is 0.319 e. The van der Waals surface area contributed by atoms with E-state index in [-0.39, 0.29) is 12.4 Å². The number of hydrogen-bond donors (Lipinski definition) is 3. The summed E-state index contributed by atoms with van der Waals surface area (Å²) >= 11 is 0. The second kappa shape index (κ2) is 6.72. The van der Waals surface area contributed by atoms with Crippen molar-refractivity contribution in [3.8, 4) is 0 Å². The Morgan fingerprint density at radius 1 is 1.42 bits per heavy atom. The Bertz CT molecular complexity index is 477. The van der Waals surface area contributed by atoms with Crippen molar-refractivity contribution in [2.45, 2.75) is 20.3 Å². The van der Waals surface area contributed by atoms with Gasteiger partial charge in [-0.15, -0.1) is 0 Å². The Morgan fingerprint density at radius 2 is 2.11 bits per heavy atom. The lowest BCUT2D eigenvalue weighted by molar-refractivity contribution is -0.141. The molecule has 1 unspecified atom stereocenters. The van der Waals surface area contributed by atoms with E-state index >= 15 is 0 Å². The number of aliphatic carboxylic acids is 1. The summed E-state index contributed by atoms with van der Waals surface area (Å²) in [4.78, 5) is 22.4. The van der Waals surface area contributed by atoms with E-state index in [4.69, 9.17) is 5.11 Å². The van der Waals surface area contributed by atoms with Crippen molar-refractivity contribution in [2.24, 2.45) is 5.92 Å². The molecule has 0 spiro atoms. The van der Waals surface area contributed by atoms with Gasteiger partial charge < -0.3 is 15.7 Å². The number of amides is 2. The van der Waals surface area contributed by atoms with Gasteiger partial charge in [-0.1, -0.05) is 6.92 Å². The highest BCUT2D eigenvalue weighted by Crippen LogP contribution is 2.15. The molecule has 0 saturated heterocycles. The zero-order valence-corrected chi connectivity index (χ0v) is 10.9. The van der Waals surface area contributed by atoms with E-state index in [1.807, 2.05) is 0 Å². The molecule has 1 aromatic carbocycles. The predicted octanol–water partition coefficient (Wildman–Crippen LogP) is 2.37. The fraction of sp³-hybridized carbons (Fsp3) is 0.385. The van der Waals surface area contributed by atoms with Crippen LogP contribution >= 0.6 is 0 Å². The third-order valence-electron chi connectivity index (χ3n) is 2.79. The molecule has 0 aromatic heterocycles. The minimum absolute atomic E-state index is 0.0535. The molecule has 19 heavy (non-hydrogen) atoms. The van der Waals surface area contributed by atoms with Gasteiger partial charge in [-0.3, -0.25) is 4.79 Å². The molecule has 0 bridgehead atoms. The minimum Gasteiger partial charge on any atom is -0.481 e. The molecule has 3 N–H and O–H groups in total. The topological polar surface area (TPSA) is 78.4 Å². The molecular weight excluding hydrogens is 251 g/mol. The zero-order chi connectivity index (χ0) is 14.4. The molecule has 104 valence electrons. The number of carboxylic acid groups (broad SMARTS) is 1. The summed E-state index contributed by atoms with van der Waals surface area (Å²) in [6.07, 6.45) is 0.436. The first-order valence-corrected chi connectivity index (χ1v) is 5.97. The van der Waals surface area contributed by atoms with Crippen LogP contribution in [0, 0.1) is 18.7 Å². The monoisotopic (exact) mass is 268 g/mol. The second-order valence-corrected chi connectivity index (χ2v) is 4.24. The Kier molecular flexibility index (Phi) is 5.29. The van der Waals surface area contributed by atoms with Gasteiger partial charge in [0.1, 0.15) is 5.82 Å². The van der Waals surface area contributed by atoms with E-state index in [9.17, 15) is 14.0 Å². The van der Waals surface area contributed by atoms with Crippen molar-refractivity contribution in [1.29, 1.82) is 0 Å². The number of carboxylic acids is 1. The molecule has 0 saturated carbocycles. The molecule has 0 heterocycles. The number of benzene rings is 1. The van der Waals surface area contributed by atoms with Crippen molar-refractivity contribution in [3.63, 3.8) is 0 Å². The molecule has 0 fully saturated rings. The standard InChI is InChI=1S/C13H17FN2O3/c1-3-9(12(17)18)7-15-13(19)16-11-5-4-10(14)6-8(11)2/h4-6,9H,3,7H2,1-2H3,(H,17,18)(H2,15,16,19). The molecule has 1 atom stereocenters. The summed E-state index contributed by atoms with van der Waals surface area (Å²) in [5, 5.41) is 13.9. The molecule has 0 aliphatic rings. The number of hydrogen-bond acceptors (Lipinski definition) is 2. The van der Waals surface area contributed by atoms with Crippen LogP contribution in [-0.4, -0.2) is 23.7 Å². The lowest BCUT2D eigenvalue weighted by Crippen LogP contribution is -2.35. The van der Waals surface area contributed by atoms with Crippen LogP contribution in [-0.2, 0) is 4.79 Å². The fourth-order valence-corrected chi connectivity index (χ4v) is 1.56. The normalized spacial score (nSPS) is 11.7. The van der Waals surface area contributed by atoms with Crippen LogP contribution in [0.15, 0.2) is 18.2 Å². The van der Waals surface area contributed by atoms with Gasteiger partial charge in [0, 0.05) is 12.2 Å². The van der Waals surface area contributed by atoms with Gasteiger partial charge in [0.25, 0.3) is 0 Å². The molecule has 2 amide bonds. The summed E-state index contributed by atoms with van der Waals surface area (Å²) in [6.45, 7) is 3.46. The number of halogens is 1. The van der Waals surface area contributed by atoms with Gasteiger partial charge in [0.15, 0.2) is 0 Å². The molecule has 1 aromatic rings. The Morgan fingerprint density at radius 3 is 2.63 bits per heavy atom. The molecular formula is C13H17FN2O3. The van der Waals surface area contributed by atoms with Crippen molar-refractivity contribution in [2.75, 3.05) is 11.9 Å². The molecule has 5 nitrogen and oxygen atoms in total. The average molecular weight is 268 g/mol. The molecule has 0 aliphatic carbocycles. The highest BCUT2D eigenvalue weighted by atomic mass is 19.1. The summed E-state index contributed by atoms with van der Waals surface area (Å²) in [6, 6.07) is 3.50. The second-order valence-electron chi connectivity index (χ2n) is 4.24. The Hall–Kier alpha value is -2.11.